The molecule has 4 rings (SSSR count). The molecule has 0 saturated heterocycles. The maximum atomic E-state index is 14.3. The van der Waals surface area contributed by atoms with Crippen molar-refractivity contribution < 1.29 is 18.0 Å². The fourth-order valence-electron chi connectivity index (χ4n) is 4.78. The van der Waals surface area contributed by atoms with Crippen LogP contribution in [0.25, 0.3) is 0 Å². The van der Waals surface area contributed by atoms with Crippen LogP contribution in [-0.2, 0) is 32.6 Å². The highest BCUT2D eigenvalue weighted by molar-refractivity contribution is 7.92. The molecule has 0 spiro atoms. The van der Waals surface area contributed by atoms with Crippen LogP contribution in [-0.4, -0.2) is 44.8 Å². The van der Waals surface area contributed by atoms with Gasteiger partial charge in [-0.3, -0.25) is 13.9 Å². The zero-order valence-electron chi connectivity index (χ0n) is 24.5. The molecule has 0 saturated carbocycles. The molecule has 4 aromatic carbocycles. The van der Waals surface area contributed by atoms with Crippen molar-refractivity contribution in [3.63, 3.8) is 0 Å². The number of benzene rings is 4. The van der Waals surface area contributed by atoms with E-state index in [4.69, 9.17) is 11.6 Å². The third kappa shape index (κ3) is 8.03. The Hall–Kier alpha value is -4.14. The van der Waals surface area contributed by atoms with Gasteiger partial charge in [0, 0.05) is 25.0 Å². The van der Waals surface area contributed by atoms with E-state index in [0.29, 0.717) is 10.7 Å². The van der Waals surface area contributed by atoms with Crippen LogP contribution < -0.4 is 9.62 Å². The highest BCUT2D eigenvalue weighted by Gasteiger charge is 2.34. The molecule has 7 nitrogen and oxygen atoms in total. The molecule has 0 radical (unpaired) electrons. The maximum absolute atomic E-state index is 14.3. The summed E-state index contributed by atoms with van der Waals surface area (Å²) >= 11 is 6.11. The summed E-state index contributed by atoms with van der Waals surface area (Å²) in [7, 11) is -2.62. The van der Waals surface area contributed by atoms with Crippen LogP contribution >= 0.6 is 11.6 Å². The van der Waals surface area contributed by atoms with Gasteiger partial charge in [-0.25, -0.2) is 8.42 Å². The monoisotopic (exact) mass is 617 g/mol. The molecule has 1 atom stereocenters. The SMILES string of the molecule is CNC(=O)[C@H](Cc1ccccc1)N(Cc1ccc(Cl)cc1)C(=O)CN(c1ccc(C(C)C)cc1)S(=O)(=O)c1ccccc1. The molecule has 224 valence electrons. The number of nitrogens with one attached hydrogen (secondary N) is 1. The minimum absolute atomic E-state index is 0.0622. The summed E-state index contributed by atoms with van der Waals surface area (Å²) in [5.74, 6) is -0.632. The smallest absolute Gasteiger partial charge is 0.264 e. The zero-order chi connectivity index (χ0) is 31.0. The van der Waals surface area contributed by atoms with Gasteiger partial charge in [0.15, 0.2) is 0 Å². The third-order valence-electron chi connectivity index (χ3n) is 7.24. The lowest BCUT2D eigenvalue weighted by atomic mass is 10.0. The Morgan fingerprint density at radius 3 is 1.93 bits per heavy atom. The van der Waals surface area contributed by atoms with Crippen molar-refractivity contribution in [2.45, 2.75) is 43.7 Å². The minimum atomic E-state index is -4.14. The summed E-state index contributed by atoms with van der Waals surface area (Å²) < 4.78 is 29.2. The van der Waals surface area contributed by atoms with Crippen molar-refractivity contribution in [1.29, 1.82) is 0 Å². The van der Waals surface area contributed by atoms with E-state index >= 15 is 0 Å². The summed E-state index contributed by atoms with van der Waals surface area (Å²) in [5, 5.41) is 3.23. The quantitative estimate of drug-likeness (QED) is 0.210. The van der Waals surface area contributed by atoms with E-state index < -0.39 is 28.5 Å². The van der Waals surface area contributed by atoms with Crippen molar-refractivity contribution in [3.8, 4) is 0 Å². The Morgan fingerprint density at radius 2 is 1.37 bits per heavy atom. The van der Waals surface area contributed by atoms with Crippen LogP contribution in [0.3, 0.4) is 0 Å². The second-order valence-corrected chi connectivity index (χ2v) is 12.8. The molecule has 0 heterocycles. The van der Waals surface area contributed by atoms with Crippen LogP contribution in [0.4, 0.5) is 5.69 Å². The molecule has 4 aromatic rings. The summed E-state index contributed by atoms with van der Waals surface area (Å²) in [6.45, 7) is 3.68. The Kier molecular flexibility index (Phi) is 10.6. The number of carbonyl (C=O) groups is 2. The molecule has 2 amide bonds. The Bertz CT molecular complexity index is 1610. The largest absolute Gasteiger partial charge is 0.357 e. The number of amides is 2. The highest BCUT2D eigenvalue weighted by atomic mass is 35.5. The van der Waals surface area contributed by atoms with E-state index in [1.807, 2.05) is 42.5 Å². The number of hydrogen-bond acceptors (Lipinski definition) is 4. The minimum Gasteiger partial charge on any atom is -0.357 e. The number of anilines is 1. The number of nitrogens with zero attached hydrogens (tertiary/aromatic N) is 2. The Labute approximate surface area is 259 Å². The van der Waals surface area contributed by atoms with E-state index in [1.165, 1.54) is 24.1 Å². The molecule has 9 heteroatoms. The fraction of sp³-hybridized carbons (Fsp3) is 0.235. The average Bonchev–Trinajstić information content (AvgIpc) is 3.02. The van der Waals surface area contributed by atoms with Gasteiger partial charge in [-0.05, 0) is 59.0 Å². The van der Waals surface area contributed by atoms with Crippen LogP contribution in [0.2, 0.25) is 5.02 Å². The predicted molar refractivity (Wildman–Crippen MR) is 172 cm³/mol. The summed E-state index contributed by atoms with van der Waals surface area (Å²) in [5.41, 5.74) is 3.01. The van der Waals surface area contributed by atoms with Crippen molar-refractivity contribution in [3.05, 3.63) is 131 Å². The molecule has 0 fully saturated rings. The summed E-state index contributed by atoms with van der Waals surface area (Å²) in [6, 6.07) is 30.7. The van der Waals surface area contributed by atoms with Gasteiger partial charge < -0.3 is 10.2 Å². The lowest BCUT2D eigenvalue weighted by Crippen LogP contribution is -2.53. The molecule has 0 aliphatic carbocycles. The number of rotatable bonds is 12. The molecule has 1 N–H and O–H groups in total. The van der Waals surface area contributed by atoms with Gasteiger partial charge >= 0.3 is 0 Å². The molecule has 43 heavy (non-hydrogen) atoms. The van der Waals surface area contributed by atoms with Crippen molar-refractivity contribution in [2.75, 3.05) is 17.9 Å². The first kappa shape index (κ1) is 31.8. The van der Waals surface area contributed by atoms with Crippen molar-refractivity contribution >= 4 is 39.1 Å². The molecule has 0 aliphatic heterocycles. The third-order valence-corrected chi connectivity index (χ3v) is 9.28. The van der Waals surface area contributed by atoms with Gasteiger partial charge in [0.2, 0.25) is 11.8 Å². The first-order chi connectivity index (χ1) is 20.6. The van der Waals surface area contributed by atoms with Gasteiger partial charge in [0.1, 0.15) is 12.6 Å². The Morgan fingerprint density at radius 1 is 0.791 bits per heavy atom. The molecular formula is C34H36ClN3O4S. The van der Waals surface area contributed by atoms with Gasteiger partial charge in [0.25, 0.3) is 10.0 Å². The second-order valence-electron chi connectivity index (χ2n) is 10.5. The van der Waals surface area contributed by atoms with E-state index in [-0.39, 0.29) is 29.7 Å². The van der Waals surface area contributed by atoms with Crippen LogP contribution in [0.15, 0.2) is 114 Å². The number of halogens is 1. The van der Waals surface area contributed by atoms with Crippen molar-refractivity contribution in [2.24, 2.45) is 0 Å². The topological polar surface area (TPSA) is 86.8 Å². The number of hydrogen-bond donors (Lipinski definition) is 1. The van der Waals surface area contributed by atoms with Gasteiger partial charge in [-0.2, -0.15) is 0 Å². The van der Waals surface area contributed by atoms with E-state index in [9.17, 15) is 18.0 Å². The molecular weight excluding hydrogens is 582 g/mol. The summed E-state index contributed by atoms with van der Waals surface area (Å²) in [6.07, 6.45) is 0.244. The van der Waals surface area contributed by atoms with Gasteiger partial charge in [-0.15, -0.1) is 0 Å². The summed E-state index contributed by atoms with van der Waals surface area (Å²) in [4.78, 5) is 29.2. The van der Waals surface area contributed by atoms with Gasteiger partial charge in [0.05, 0.1) is 10.6 Å². The average molecular weight is 618 g/mol. The van der Waals surface area contributed by atoms with Crippen molar-refractivity contribution in [1.82, 2.24) is 10.2 Å². The lowest BCUT2D eigenvalue weighted by Gasteiger charge is -2.33. The zero-order valence-corrected chi connectivity index (χ0v) is 26.1. The van der Waals surface area contributed by atoms with Crippen LogP contribution in [0.5, 0.6) is 0 Å². The maximum Gasteiger partial charge on any atom is 0.264 e. The van der Waals surface area contributed by atoms with E-state index in [1.54, 1.807) is 54.6 Å². The van der Waals surface area contributed by atoms with Gasteiger partial charge in [-0.1, -0.05) is 98.2 Å². The van der Waals surface area contributed by atoms with E-state index in [2.05, 4.69) is 19.2 Å². The molecule has 0 aromatic heterocycles. The highest BCUT2D eigenvalue weighted by Crippen LogP contribution is 2.27. The number of likely N-dealkylation sites (N-methyl/N-ethyl adjacent to an activating group) is 1. The Balaban J connectivity index is 1.78. The fourth-order valence-corrected chi connectivity index (χ4v) is 6.34. The molecule has 0 unspecified atom stereocenters. The van der Waals surface area contributed by atoms with E-state index in [0.717, 1.165) is 21.0 Å². The first-order valence-corrected chi connectivity index (χ1v) is 15.9. The second kappa shape index (κ2) is 14.4. The lowest BCUT2D eigenvalue weighted by molar-refractivity contribution is -0.139. The van der Waals surface area contributed by atoms with Crippen LogP contribution in [0.1, 0.15) is 36.5 Å². The number of sulfonamides is 1. The first-order valence-electron chi connectivity index (χ1n) is 14.1. The number of carbonyl (C=O) groups excluding carboxylic acids is 2. The molecule has 0 aliphatic rings. The standard InChI is InChI=1S/C34H36ClN3O4S/c1-25(2)28-16-20-30(21-17-28)38(43(41,42)31-12-8-5-9-13-31)24-33(39)37(23-27-14-18-29(35)19-15-27)32(34(40)36-3)22-26-10-6-4-7-11-26/h4-21,25,32H,22-24H2,1-3H3,(H,36,40)/t32-/m0/s1. The predicted octanol–water partition coefficient (Wildman–Crippen LogP) is 6.04. The molecule has 0 bridgehead atoms. The van der Waals surface area contributed by atoms with Crippen LogP contribution in [0, 0.1) is 0 Å². The normalized spacial score (nSPS) is 12.0.